The molecule has 5 nitrogen and oxygen atoms in total. The van der Waals surface area contributed by atoms with E-state index < -0.39 is 11.7 Å². The highest BCUT2D eigenvalue weighted by molar-refractivity contribution is 5.34. The second-order valence-corrected chi connectivity index (χ2v) is 4.50. The number of hydrogen-bond acceptors (Lipinski definition) is 5. The van der Waals surface area contributed by atoms with Crippen LogP contribution in [0.15, 0.2) is 15.3 Å². The van der Waals surface area contributed by atoms with Crippen molar-refractivity contribution in [3.8, 4) is 5.75 Å². The third-order valence-electron chi connectivity index (χ3n) is 3.07. The zero-order valence-electron chi connectivity index (χ0n) is 11.5. The first-order valence-electron chi connectivity index (χ1n) is 6.63. The Balaban J connectivity index is 2.85. The molecule has 0 aliphatic carbocycles. The van der Waals surface area contributed by atoms with Gasteiger partial charge in [-0.3, -0.25) is 0 Å². The van der Waals surface area contributed by atoms with E-state index in [4.69, 9.17) is 9.15 Å². The molecule has 0 saturated heterocycles. The molecule has 0 saturated carbocycles. The molecule has 19 heavy (non-hydrogen) atoms. The lowest BCUT2D eigenvalue weighted by molar-refractivity contribution is 0.125. The zero-order chi connectivity index (χ0) is 14.3. The maximum atomic E-state index is 11.4. The van der Waals surface area contributed by atoms with Crippen LogP contribution in [0.2, 0.25) is 0 Å². The predicted molar refractivity (Wildman–Crippen MR) is 71.2 cm³/mol. The lowest BCUT2D eigenvalue weighted by Gasteiger charge is -2.14. The van der Waals surface area contributed by atoms with Gasteiger partial charge in [0.25, 0.3) is 0 Å². The molecule has 108 valence electrons. The Hall–Kier alpha value is -1.33. The smallest absolute Gasteiger partial charge is 0.339 e. The number of hydrogen-bond donors (Lipinski definition) is 2. The Morgan fingerprint density at radius 3 is 2.68 bits per heavy atom. The van der Waals surface area contributed by atoms with Gasteiger partial charge in [0, 0.05) is 0 Å². The van der Waals surface area contributed by atoms with E-state index in [-0.39, 0.29) is 18.1 Å². The second-order valence-electron chi connectivity index (χ2n) is 4.50. The van der Waals surface area contributed by atoms with E-state index in [1.54, 1.807) is 0 Å². The van der Waals surface area contributed by atoms with Crippen LogP contribution in [-0.2, 0) is 6.61 Å². The van der Waals surface area contributed by atoms with Crippen LogP contribution < -0.4 is 10.4 Å². The van der Waals surface area contributed by atoms with Gasteiger partial charge in [-0.25, -0.2) is 4.79 Å². The predicted octanol–water partition coefficient (Wildman–Crippen LogP) is 2.14. The SMILES string of the molecule is CCCCCCC(O)c1oc(=O)cc(OC)c1CO. The molecular weight excluding hydrogens is 248 g/mol. The largest absolute Gasteiger partial charge is 0.496 e. The molecule has 2 N–H and O–H groups in total. The number of ether oxygens (including phenoxy) is 1. The highest BCUT2D eigenvalue weighted by Gasteiger charge is 2.19. The molecule has 1 rings (SSSR count). The normalized spacial score (nSPS) is 12.4. The summed E-state index contributed by atoms with van der Waals surface area (Å²) in [4.78, 5) is 11.4. The first-order chi connectivity index (χ1) is 9.13. The minimum atomic E-state index is -0.887. The molecular formula is C14H22O5. The minimum absolute atomic E-state index is 0.114. The monoisotopic (exact) mass is 270 g/mol. The highest BCUT2D eigenvalue weighted by Crippen LogP contribution is 2.28. The summed E-state index contributed by atoms with van der Waals surface area (Å²) in [5.74, 6) is 0.365. The topological polar surface area (TPSA) is 79.9 Å². The van der Waals surface area contributed by atoms with E-state index in [2.05, 4.69) is 6.92 Å². The maximum absolute atomic E-state index is 11.4. The molecule has 1 atom stereocenters. The Kier molecular flexibility index (Phi) is 6.59. The second kappa shape index (κ2) is 7.96. The molecule has 1 aromatic heterocycles. The molecule has 1 unspecified atom stereocenters. The Labute approximate surface area is 112 Å². The van der Waals surface area contributed by atoms with Gasteiger partial charge in [-0.05, 0) is 6.42 Å². The number of unbranched alkanes of at least 4 members (excludes halogenated alkanes) is 3. The molecule has 0 fully saturated rings. The van der Waals surface area contributed by atoms with Gasteiger partial charge in [-0.2, -0.15) is 0 Å². The number of aliphatic hydroxyl groups is 2. The zero-order valence-corrected chi connectivity index (χ0v) is 11.5. The van der Waals surface area contributed by atoms with Gasteiger partial charge >= 0.3 is 5.63 Å². The first kappa shape index (κ1) is 15.7. The van der Waals surface area contributed by atoms with Crippen molar-refractivity contribution in [3.05, 3.63) is 27.8 Å². The fourth-order valence-corrected chi connectivity index (χ4v) is 2.02. The van der Waals surface area contributed by atoms with Gasteiger partial charge in [0.1, 0.15) is 17.6 Å². The highest BCUT2D eigenvalue weighted by atomic mass is 16.5. The van der Waals surface area contributed by atoms with E-state index in [9.17, 15) is 15.0 Å². The Morgan fingerprint density at radius 2 is 2.11 bits per heavy atom. The summed E-state index contributed by atoms with van der Waals surface area (Å²) in [6, 6.07) is 1.17. The lowest BCUT2D eigenvalue weighted by atomic mass is 10.0. The van der Waals surface area contributed by atoms with Crippen molar-refractivity contribution in [2.45, 2.75) is 51.7 Å². The van der Waals surface area contributed by atoms with Crippen LogP contribution in [0.4, 0.5) is 0 Å². The molecule has 1 heterocycles. The van der Waals surface area contributed by atoms with Gasteiger partial charge in [-0.15, -0.1) is 0 Å². The van der Waals surface area contributed by atoms with Crippen LogP contribution in [0.3, 0.4) is 0 Å². The third kappa shape index (κ3) is 4.36. The van der Waals surface area contributed by atoms with E-state index >= 15 is 0 Å². The third-order valence-corrected chi connectivity index (χ3v) is 3.07. The van der Waals surface area contributed by atoms with E-state index in [1.807, 2.05) is 0 Å². The molecule has 0 aromatic carbocycles. The van der Waals surface area contributed by atoms with Crippen molar-refractivity contribution in [2.24, 2.45) is 0 Å². The average Bonchev–Trinajstić information content (AvgIpc) is 2.42. The van der Waals surface area contributed by atoms with Gasteiger partial charge in [0.2, 0.25) is 0 Å². The van der Waals surface area contributed by atoms with Crippen molar-refractivity contribution >= 4 is 0 Å². The summed E-state index contributed by atoms with van der Waals surface area (Å²) in [6.07, 6.45) is 3.72. The molecule has 1 aromatic rings. The van der Waals surface area contributed by atoms with Crippen LogP contribution in [0.5, 0.6) is 5.75 Å². The van der Waals surface area contributed by atoms with Gasteiger partial charge < -0.3 is 19.4 Å². The van der Waals surface area contributed by atoms with Crippen molar-refractivity contribution < 1.29 is 19.4 Å². The molecule has 5 heteroatoms. The Morgan fingerprint density at radius 1 is 1.37 bits per heavy atom. The van der Waals surface area contributed by atoms with Crippen molar-refractivity contribution in [1.82, 2.24) is 0 Å². The summed E-state index contributed by atoms with van der Waals surface area (Å²) in [5, 5.41) is 19.4. The summed E-state index contributed by atoms with van der Waals surface area (Å²) >= 11 is 0. The number of aliphatic hydroxyl groups excluding tert-OH is 2. The van der Waals surface area contributed by atoms with E-state index in [1.165, 1.54) is 13.2 Å². The molecule has 0 aliphatic heterocycles. The van der Waals surface area contributed by atoms with Gasteiger partial charge in [0.05, 0.1) is 25.3 Å². The summed E-state index contributed by atoms with van der Waals surface area (Å²) in [7, 11) is 1.41. The van der Waals surface area contributed by atoms with Gasteiger partial charge in [0.15, 0.2) is 0 Å². The Bertz CT molecular complexity index is 438. The van der Waals surface area contributed by atoms with Crippen molar-refractivity contribution in [3.63, 3.8) is 0 Å². The number of rotatable bonds is 8. The van der Waals surface area contributed by atoms with Crippen LogP contribution >= 0.6 is 0 Å². The molecule has 0 aliphatic rings. The lowest BCUT2D eigenvalue weighted by Crippen LogP contribution is -2.11. The molecule has 0 amide bonds. The maximum Gasteiger partial charge on any atom is 0.339 e. The van der Waals surface area contributed by atoms with E-state index in [0.29, 0.717) is 12.0 Å². The summed E-state index contributed by atoms with van der Waals surface area (Å²) < 4.78 is 10.0. The quantitative estimate of drug-likeness (QED) is 0.707. The minimum Gasteiger partial charge on any atom is -0.496 e. The van der Waals surface area contributed by atoms with Crippen molar-refractivity contribution in [1.29, 1.82) is 0 Å². The standard InChI is InChI=1S/C14H22O5/c1-3-4-5-6-7-11(16)14-10(9-15)12(18-2)8-13(17)19-14/h8,11,15-16H,3-7,9H2,1-2H3. The summed E-state index contributed by atoms with van der Waals surface area (Å²) in [5.41, 5.74) is -0.248. The fourth-order valence-electron chi connectivity index (χ4n) is 2.02. The number of methoxy groups -OCH3 is 1. The molecule has 0 spiro atoms. The molecule has 0 bridgehead atoms. The van der Waals surface area contributed by atoms with Crippen LogP contribution in [-0.4, -0.2) is 17.3 Å². The fraction of sp³-hybridized carbons (Fsp3) is 0.643. The van der Waals surface area contributed by atoms with Gasteiger partial charge in [-0.1, -0.05) is 32.6 Å². The first-order valence-corrected chi connectivity index (χ1v) is 6.63. The average molecular weight is 270 g/mol. The van der Waals surface area contributed by atoms with Crippen LogP contribution in [0.25, 0.3) is 0 Å². The van der Waals surface area contributed by atoms with Crippen molar-refractivity contribution in [2.75, 3.05) is 7.11 Å². The summed E-state index contributed by atoms with van der Waals surface area (Å²) in [6.45, 7) is 1.77. The molecule has 0 radical (unpaired) electrons. The van der Waals surface area contributed by atoms with E-state index in [0.717, 1.165) is 25.7 Å². The van der Waals surface area contributed by atoms with Crippen LogP contribution in [0.1, 0.15) is 56.5 Å². The van der Waals surface area contributed by atoms with Crippen LogP contribution in [0, 0.1) is 0 Å².